The maximum absolute atomic E-state index is 6.31. The molecule has 0 atom stereocenters. The zero-order valence-electron chi connectivity index (χ0n) is 29.6. The molecule has 4 heteroatoms. The highest BCUT2D eigenvalue weighted by molar-refractivity contribution is 6.08. The summed E-state index contributed by atoms with van der Waals surface area (Å²) in [7, 11) is 0. The Balaban J connectivity index is 1.12. The van der Waals surface area contributed by atoms with Crippen molar-refractivity contribution in [3.05, 3.63) is 188 Å². The average Bonchev–Trinajstić information content (AvgIpc) is 3.63. The molecular formula is C51H31N3O. The van der Waals surface area contributed by atoms with Crippen molar-refractivity contribution in [2.75, 3.05) is 0 Å². The fourth-order valence-electron chi connectivity index (χ4n) is 7.95. The third kappa shape index (κ3) is 5.43. The van der Waals surface area contributed by atoms with Crippen LogP contribution in [0.3, 0.4) is 0 Å². The summed E-state index contributed by atoms with van der Waals surface area (Å²) in [6, 6.07) is 66.0. The lowest BCUT2D eigenvalue weighted by atomic mass is 9.92. The van der Waals surface area contributed by atoms with E-state index in [2.05, 4.69) is 158 Å². The molecule has 11 aromatic rings. The van der Waals surface area contributed by atoms with E-state index < -0.39 is 0 Å². The number of benzene rings is 9. The third-order valence-corrected chi connectivity index (χ3v) is 10.7. The molecule has 55 heavy (non-hydrogen) atoms. The molecule has 9 aromatic carbocycles. The first-order valence-electron chi connectivity index (χ1n) is 18.5. The smallest absolute Gasteiger partial charge is 0.164 e. The van der Waals surface area contributed by atoms with Gasteiger partial charge in [0.15, 0.2) is 17.5 Å². The molecule has 0 spiro atoms. The summed E-state index contributed by atoms with van der Waals surface area (Å²) >= 11 is 0. The maximum Gasteiger partial charge on any atom is 0.164 e. The lowest BCUT2D eigenvalue weighted by molar-refractivity contribution is 0.669. The Bertz CT molecular complexity index is 3270. The summed E-state index contributed by atoms with van der Waals surface area (Å²) in [5.41, 5.74) is 9.04. The van der Waals surface area contributed by atoms with Crippen molar-refractivity contribution in [2.45, 2.75) is 0 Å². The van der Waals surface area contributed by atoms with Crippen LogP contribution in [-0.4, -0.2) is 15.0 Å². The molecule has 0 fully saturated rings. The van der Waals surface area contributed by atoms with Crippen LogP contribution in [0.15, 0.2) is 192 Å². The zero-order valence-corrected chi connectivity index (χ0v) is 29.6. The zero-order chi connectivity index (χ0) is 36.3. The number of fused-ring (bicyclic) bond motifs is 6. The Morgan fingerprint density at radius 3 is 1.62 bits per heavy atom. The Labute approximate surface area is 317 Å². The second-order valence-corrected chi connectivity index (χ2v) is 14.0. The van der Waals surface area contributed by atoms with Crippen LogP contribution in [0.5, 0.6) is 0 Å². The van der Waals surface area contributed by atoms with Gasteiger partial charge in [0.25, 0.3) is 0 Å². The van der Waals surface area contributed by atoms with Gasteiger partial charge in [-0.1, -0.05) is 146 Å². The third-order valence-electron chi connectivity index (χ3n) is 10.7. The molecular weight excluding hydrogens is 671 g/mol. The Morgan fingerprint density at radius 2 is 0.818 bits per heavy atom. The summed E-state index contributed by atoms with van der Waals surface area (Å²) in [5, 5.41) is 9.13. The molecule has 0 radical (unpaired) electrons. The Hall–Kier alpha value is -7.43. The van der Waals surface area contributed by atoms with E-state index in [1.54, 1.807) is 0 Å². The van der Waals surface area contributed by atoms with Gasteiger partial charge in [0.1, 0.15) is 11.2 Å². The van der Waals surface area contributed by atoms with E-state index in [1.165, 1.54) is 32.8 Å². The molecule has 0 amide bonds. The number of hydrogen-bond acceptors (Lipinski definition) is 4. The summed E-state index contributed by atoms with van der Waals surface area (Å²) in [5.74, 6) is 1.80. The highest BCUT2D eigenvalue weighted by atomic mass is 16.3. The SMILES string of the molecule is c1ccc(-c2ccc3cc(-c4nc(-c5cc(-c6cccc7ccccc67)c6ccccc6c5)nc(-c5ccc6c(c5)oc5ccccc56)n4)ccc3c2)cc1. The molecule has 0 N–H and O–H groups in total. The molecule has 0 bridgehead atoms. The first-order chi connectivity index (χ1) is 27.2. The molecule has 0 aliphatic carbocycles. The van der Waals surface area contributed by atoms with Crippen molar-refractivity contribution in [2.24, 2.45) is 0 Å². The topological polar surface area (TPSA) is 51.8 Å². The van der Waals surface area contributed by atoms with Crippen molar-refractivity contribution >= 4 is 54.3 Å². The van der Waals surface area contributed by atoms with E-state index in [9.17, 15) is 0 Å². The van der Waals surface area contributed by atoms with Crippen molar-refractivity contribution in [1.29, 1.82) is 0 Å². The summed E-state index contributed by atoms with van der Waals surface area (Å²) in [6.45, 7) is 0. The van der Waals surface area contributed by atoms with Crippen LogP contribution in [0.2, 0.25) is 0 Å². The quantitative estimate of drug-likeness (QED) is 0.179. The highest BCUT2D eigenvalue weighted by Crippen LogP contribution is 2.38. The van der Waals surface area contributed by atoms with Crippen molar-refractivity contribution in [3.63, 3.8) is 0 Å². The fourth-order valence-corrected chi connectivity index (χ4v) is 7.95. The van der Waals surface area contributed by atoms with Crippen molar-refractivity contribution in [3.8, 4) is 56.4 Å². The van der Waals surface area contributed by atoms with Gasteiger partial charge >= 0.3 is 0 Å². The van der Waals surface area contributed by atoms with Crippen molar-refractivity contribution < 1.29 is 4.42 Å². The number of rotatable bonds is 5. The minimum atomic E-state index is 0.585. The van der Waals surface area contributed by atoms with E-state index in [1.807, 2.05) is 30.3 Å². The lowest BCUT2D eigenvalue weighted by Gasteiger charge is -2.14. The van der Waals surface area contributed by atoms with Gasteiger partial charge in [-0.2, -0.15) is 0 Å². The second kappa shape index (κ2) is 12.6. The predicted octanol–water partition coefficient (Wildman–Crippen LogP) is 13.6. The number of para-hydroxylation sites is 1. The summed E-state index contributed by atoms with van der Waals surface area (Å²) < 4.78 is 6.31. The molecule has 11 rings (SSSR count). The van der Waals surface area contributed by atoms with Crippen LogP contribution in [-0.2, 0) is 0 Å². The van der Waals surface area contributed by atoms with Crippen LogP contribution in [0, 0.1) is 0 Å². The predicted molar refractivity (Wildman–Crippen MR) is 227 cm³/mol. The average molecular weight is 702 g/mol. The number of aromatic nitrogens is 3. The van der Waals surface area contributed by atoms with Crippen LogP contribution >= 0.6 is 0 Å². The van der Waals surface area contributed by atoms with Gasteiger partial charge in [-0.25, -0.2) is 15.0 Å². The van der Waals surface area contributed by atoms with E-state index in [0.717, 1.165) is 60.4 Å². The summed E-state index contributed by atoms with van der Waals surface area (Å²) in [4.78, 5) is 15.6. The van der Waals surface area contributed by atoms with E-state index in [-0.39, 0.29) is 0 Å². The number of hydrogen-bond donors (Lipinski definition) is 0. The normalized spacial score (nSPS) is 11.6. The van der Waals surface area contributed by atoms with E-state index in [4.69, 9.17) is 19.4 Å². The van der Waals surface area contributed by atoms with E-state index >= 15 is 0 Å². The van der Waals surface area contributed by atoms with Gasteiger partial charge in [-0.3, -0.25) is 0 Å². The molecule has 2 aromatic heterocycles. The van der Waals surface area contributed by atoms with Crippen LogP contribution in [0.25, 0.3) is 111 Å². The van der Waals surface area contributed by atoms with Crippen LogP contribution in [0.4, 0.5) is 0 Å². The molecule has 2 heterocycles. The summed E-state index contributed by atoms with van der Waals surface area (Å²) in [6.07, 6.45) is 0. The minimum absolute atomic E-state index is 0.585. The second-order valence-electron chi connectivity index (χ2n) is 14.0. The Morgan fingerprint density at radius 1 is 0.273 bits per heavy atom. The molecule has 0 aliphatic heterocycles. The van der Waals surface area contributed by atoms with Gasteiger partial charge in [0, 0.05) is 27.5 Å². The number of nitrogens with zero attached hydrogens (tertiary/aromatic N) is 3. The van der Waals surface area contributed by atoms with Gasteiger partial charge in [-0.15, -0.1) is 0 Å². The minimum Gasteiger partial charge on any atom is -0.456 e. The van der Waals surface area contributed by atoms with Gasteiger partial charge in [0.05, 0.1) is 0 Å². The molecule has 0 saturated carbocycles. The molecule has 0 aliphatic rings. The molecule has 256 valence electrons. The van der Waals surface area contributed by atoms with E-state index in [0.29, 0.717) is 17.5 Å². The number of furan rings is 1. The van der Waals surface area contributed by atoms with Gasteiger partial charge < -0.3 is 4.42 Å². The highest BCUT2D eigenvalue weighted by Gasteiger charge is 2.18. The van der Waals surface area contributed by atoms with Gasteiger partial charge in [-0.05, 0) is 97.0 Å². The fraction of sp³-hybridized carbons (Fsp3) is 0. The molecule has 4 nitrogen and oxygen atoms in total. The Kier molecular flexibility index (Phi) is 7.14. The van der Waals surface area contributed by atoms with Crippen LogP contribution < -0.4 is 0 Å². The first kappa shape index (κ1) is 31.1. The van der Waals surface area contributed by atoms with Crippen molar-refractivity contribution in [1.82, 2.24) is 15.0 Å². The monoisotopic (exact) mass is 701 g/mol. The first-order valence-corrected chi connectivity index (χ1v) is 18.5. The molecule has 0 saturated heterocycles. The lowest BCUT2D eigenvalue weighted by Crippen LogP contribution is -2.00. The standard InChI is InChI=1S/C51H31N3O/c1-2-11-32(12-3-1)34-21-22-36-28-38(24-23-35(36)27-34)49-52-50(39-25-26-45-44-18-8-9-20-47(44)55-48(45)31-39)54-51(53-49)40-29-37-14-5-7-17-42(37)46(30-40)43-19-10-15-33-13-4-6-16-41(33)43/h1-31H. The molecule has 0 unspecified atom stereocenters. The maximum atomic E-state index is 6.31. The van der Waals surface area contributed by atoms with Gasteiger partial charge in [0.2, 0.25) is 0 Å². The largest absolute Gasteiger partial charge is 0.456 e. The van der Waals surface area contributed by atoms with Crippen LogP contribution in [0.1, 0.15) is 0 Å².